The van der Waals surface area contributed by atoms with Gasteiger partial charge in [-0.1, -0.05) is 39.5 Å². The van der Waals surface area contributed by atoms with Gasteiger partial charge in [0.15, 0.2) is 0 Å². The molecule has 1 aromatic heterocycles. The predicted molar refractivity (Wildman–Crippen MR) is 78.1 cm³/mol. The third-order valence-electron chi connectivity index (χ3n) is 4.15. The van der Waals surface area contributed by atoms with Crippen molar-refractivity contribution >= 4 is 0 Å². The molecule has 2 rings (SSSR count). The van der Waals surface area contributed by atoms with Crippen molar-refractivity contribution in [3.63, 3.8) is 0 Å². The number of hydrogen-bond donors (Lipinski definition) is 1. The van der Waals surface area contributed by atoms with Gasteiger partial charge in [0.2, 0.25) is 0 Å². The van der Waals surface area contributed by atoms with Crippen molar-refractivity contribution in [3.8, 4) is 0 Å². The maximum absolute atomic E-state index is 4.44. The average molecular weight is 264 g/mol. The zero-order chi connectivity index (χ0) is 13.5. The van der Waals surface area contributed by atoms with Gasteiger partial charge in [-0.25, -0.2) is 4.98 Å². The molecule has 1 unspecified atom stereocenters. The molecule has 1 aliphatic rings. The molecule has 0 amide bonds. The Morgan fingerprint density at radius 3 is 2.84 bits per heavy atom. The van der Waals surface area contributed by atoms with Crippen LogP contribution in [-0.2, 0) is 13.0 Å². The summed E-state index contributed by atoms with van der Waals surface area (Å²) in [5, 5.41) is 7.96. The molecule has 108 valence electrons. The summed E-state index contributed by atoms with van der Waals surface area (Å²) in [6, 6.07) is 0.563. The molecule has 0 radical (unpaired) electrons. The van der Waals surface area contributed by atoms with Crippen LogP contribution in [0.3, 0.4) is 0 Å². The quantitative estimate of drug-likeness (QED) is 0.785. The second-order valence-electron chi connectivity index (χ2n) is 5.74. The average Bonchev–Trinajstić information content (AvgIpc) is 3.03. The van der Waals surface area contributed by atoms with Crippen molar-refractivity contribution in [2.24, 2.45) is 5.92 Å². The molecule has 0 aromatic carbocycles. The summed E-state index contributed by atoms with van der Waals surface area (Å²) in [6.45, 7) is 6.40. The third-order valence-corrected chi connectivity index (χ3v) is 4.15. The fourth-order valence-corrected chi connectivity index (χ4v) is 3.24. The van der Waals surface area contributed by atoms with Crippen LogP contribution in [0.2, 0.25) is 0 Å². The zero-order valence-electron chi connectivity index (χ0n) is 12.4. The Hall–Kier alpha value is -0.900. The van der Waals surface area contributed by atoms with Crippen LogP contribution in [0, 0.1) is 5.92 Å². The molecule has 0 aliphatic heterocycles. The van der Waals surface area contributed by atoms with Crippen LogP contribution in [0.1, 0.15) is 58.2 Å². The van der Waals surface area contributed by atoms with Gasteiger partial charge in [0.1, 0.15) is 12.2 Å². The van der Waals surface area contributed by atoms with Gasteiger partial charge in [-0.3, -0.25) is 4.68 Å². The van der Waals surface area contributed by atoms with Crippen molar-refractivity contribution in [1.82, 2.24) is 20.1 Å². The number of hydrogen-bond acceptors (Lipinski definition) is 3. The van der Waals surface area contributed by atoms with Crippen LogP contribution < -0.4 is 5.32 Å². The molecule has 0 saturated heterocycles. The molecule has 4 heteroatoms. The minimum absolute atomic E-state index is 0.563. The summed E-state index contributed by atoms with van der Waals surface area (Å²) in [7, 11) is 0. The van der Waals surface area contributed by atoms with E-state index in [0.717, 1.165) is 37.7 Å². The Morgan fingerprint density at radius 2 is 2.16 bits per heavy atom. The van der Waals surface area contributed by atoms with Gasteiger partial charge >= 0.3 is 0 Å². The third kappa shape index (κ3) is 4.30. The van der Waals surface area contributed by atoms with Crippen molar-refractivity contribution in [2.75, 3.05) is 6.54 Å². The first kappa shape index (κ1) is 14.5. The van der Waals surface area contributed by atoms with Gasteiger partial charge in [0, 0.05) is 19.0 Å². The van der Waals surface area contributed by atoms with Gasteiger partial charge in [-0.05, 0) is 25.3 Å². The topological polar surface area (TPSA) is 42.7 Å². The van der Waals surface area contributed by atoms with Crippen LogP contribution >= 0.6 is 0 Å². The maximum Gasteiger partial charge on any atom is 0.138 e. The highest BCUT2D eigenvalue weighted by molar-refractivity contribution is 4.91. The highest BCUT2D eigenvalue weighted by Gasteiger charge is 2.21. The molecule has 1 N–H and O–H groups in total. The van der Waals surface area contributed by atoms with Crippen molar-refractivity contribution in [2.45, 2.75) is 71.4 Å². The van der Waals surface area contributed by atoms with E-state index in [1.165, 1.54) is 32.1 Å². The molecule has 1 aromatic rings. The lowest BCUT2D eigenvalue weighted by Crippen LogP contribution is -2.33. The Morgan fingerprint density at radius 1 is 1.37 bits per heavy atom. The van der Waals surface area contributed by atoms with E-state index in [1.54, 1.807) is 6.33 Å². The van der Waals surface area contributed by atoms with Crippen LogP contribution in [0.5, 0.6) is 0 Å². The lowest BCUT2D eigenvalue weighted by atomic mass is 9.96. The molecule has 19 heavy (non-hydrogen) atoms. The van der Waals surface area contributed by atoms with Crippen molar-refractivity contribution in [3.05, 3.63) is 12.2 Å². The summed E-state index contributed by atoms with van der Waals surface area (Å²) < 4.78 is 2.07. The minimum Gasteiger partial charge on any atom is -0.314 e. The van der Waals surface area contributed by atoms with E-state index in [-0.39, 0.29) is 0 Å². The fourth-order valence-electron chi connectivity index (χ4n) is 3.24. The van der Waals surface area contributed by atoms with Gasteiger partial charge < -0.3 is 5.32 Å². The summed E-state index contributed by atoms with van der Waals surface area (Å²) in [6.07, 6.45) is 10.8. The molecule has 0 spiro atoms. The standard InChI is InChI=1S/C15H28N4/c1-3-9-19-15(17-12-18-19)11-14(16-4-2)10-13-7-5-6-8-13/h12-14,16H,3-11H2,1-2H3. The lowest BCUT2D eigenvalue weighted by Gasteiger charge is -2.21. The number of likely N-dealkylation sites (N-methyl/N-ethyl adjacent to an activating group) is 1. The van der Waals surface area contributed by atoms with E-state index in [9.17, 15) is 0 Å². The number of nitrogens with zero attached hydrogens (tertiary/aromatic N) is 3. The first-order valence-corrected chi connectivity index (χ1v) is 7.93. The summed E-state index contributed by atoms with van der Waals surface area (Å²) in [5.74, 6) is 2.07. The fraction of sp³-hybridized carbons (Fsp3) is 0.867. The van der Waals surface area contributed by atoms with Crippen molar-refractivity contribution in [1.29, 1.82) is 0 Å². The molecular formula is C15H28N4. The van der Waals surface area contributed by atoms with E-state index in [0.29, 0.717) is 6.04 Å². The largest absolute Gasteiger partial charge is 0.314 e. The first-order chi connectivity index (χ1) is 9.33. The lowest BCUT2D eigenvalue weighted by molar-refractivity contribution is 0.380. The van der Waals surface area contributed by atoms with E-state index in [1.807, 2.05) is 0 Å². The second kappa shape index (κ2) is 7.63. The minimum atomic E-state index is 0.563. The molecule has 4 nitrogen and oxygen atoms in total. The summed E-state index contributed by atoms with van der Waals surface area (Å²) in [5.41, 5.74) is 0. The smallest absolute Gasteiger partial charge is 0.138 e. The Balaban J connectivity index is 1.92. The van der Waals surface area contributed by atoms with E-state index >= 15 is 0 Å². The molecule has 1 heterocycles. The second-order valence-corrected chi connectivity index (χ2v) is 5.74. The molecular weight excluding hydrogens is 236 g/mol. The Bertz CT molecular complexity index is 355. The Kier molecular flexibility index (Phi) is 5.83. The SMILES string of the molecule is CCCn1ncnc1CC(CC1CCCC1)NCC. The first-order valence-electron chi connectivity index (χ1n) is 7.93. The van der Waals surface area contributed by atoms with E-state index in [2.05, 4.69) is 33.9 Å². The van der Waals surface area contributed by atoms with E-state index in [4.69, 9.17) is 0 Å². The van der Waals surface area contributed by atoms with Crippen LogP contribution in [0.4, 0.5) is 0 Å². The zero-order valence-corrected chi connectivity index (χ0v) is 12.4. The predicted octanol–water partition coefficient (Wildman–Crippen LogP) is 2.79. The normalized spacial score (nSPS) is 18.0. The van der Waals surface area contributed by atoms with Crippen LogP contribution in [0.25, 0.3) is 0 Å². The summed E-state index contributed by atoms with van der Waals surface area (Å²) >= 11 is 0. The molecule has 1 atom stereocenters. The number of aryl methyl sites for hydroxylation is 1. The van der Waals surface area contributed by atoms with Gasteiger partial charge in [-0.15, -0.1) is 0 Å². The monoisotopic (exact) mass is 264 g/mol. The van der Waals surface area contributed by atoms with Crippen LogP contribution in [-0.4, -0.2) is 27.4 Å². The van der Waals surface area contributed by atoms with Crippen molar-refractivity contribution < 1.29 is 0 Å². The molecule has 1 aliphatic carbocycles. The number of rotatable bonds is 8. The van der Waals surface area contributed by atoms with Gasteiger partial charge in [0.05, 0.1) is 0 Å². The van der Waals surface area contributed by atoms with E-state index < -0.39 is 0 Å². The Labute approximate surface area is 117 Å². The molecule has 1 saturated carbocycles. The number of aromatic nitrogens is 3. The summed E-state index contributed by atoms with van der Waals surface area (Å²) in [4.78, 5) is 4.44. The van der Waals surface area contributed by atoms with Crippen LogP contribution in [0.15, 0.2) is 6.33 Å². The van der Waals surface area contributed by atoms with Gasteiger partial charge in [-0.2, -0.15) is 5.10 Å². The molecule has 1 fully saturated rings. The molecule has 0 bridgehead atoms. The van der Waals surface area contributed by atoms with Gasteiger partial charge in [0.25, 0.3) is 0 Å². The number of nitrogens with one attached hydrogen (secondary N) is 1. The maximum atomic E-state index is 4.44. The highest BCUT2D eigenvalue weighted by Crippen LogP contribution is 2.29. The highest BCUT2D eigenvalue weighted by atomic mass is 15.3.